The molecule has 0 spiro atoms. The van der Waals surface area contributed by atoms with Gasteiger partial charge in [0.15, 0.2) is 0 Å². The van der Waals surface area contributed by atoms with Crippen LogP contribution in [0.25, 0.3) is 0 Å². The lowest BCUT2D eigenvalue weighted by atomic mass is 9.88. The minimum absolute atomic E-state index is 0.226. The molecule has 0 fully saturated rings. The topological polar surface area (TPSA) is 26.3 Å². The van der Waals surface area contributed by atoms with Crippen LogP contribution in [0.5, 0.6) is 0 Å². The van der Waals surface area contributed by atoms with Crippen molar-refractivity contribution in [1.29, 1.82) is 0 Å². The minimum atomic E-state index is -0.226. The maximum absolute atomic E-state index is 11.2. The summed E-state index contributed by atoms with van der Waals surface area (Å²) in [5, 5.41) is 0. The quantitative estimate of drug-likeness (QED) is 0.444. The molecule has 0 aromatic rings. The van der Waals surface area contributed by atoms with E-state index in [1.54, 1.807) is 6.08 Å². The summed E-state index contributed by atoms with van der Waals surface area (Å²) in [4.78, 5) is 11.2. The van der Waals surface area contributed by atoms with Crippen LogP contribution in [-0.2, 0) is 9.53 Å². The van der Waals surface area contributed by atoms with E-state index in [9.17, 15) is 4.79 Å². The highest BCUT2D eigenvalue weighted by Gasteiger charge is 2.11. The van der Waals surface area contributed by atoms with Gasteiger partial charge in [-0.25, -0.2) is 4.79 Å². The van der Waals surface area contributed by atoms with Crippen molar-refractivity contribution in [3.05, 3.63) is 12.2 Å². The molecule has 0 N–H and O–H groups in total. The van der Waals surface area contributed by atoms with Gasteiger partial charge in [-0.1, -0.05) is 46.6 Å². The third-order valence-electron chi connectivity index (χ3n) is 3.21. The maximum atomic E-state index is 11.2. The van der Waals surface area contributed by atoms with E-state index >= 15 is 0 Å². The second-order valence-corrected chi connectivity index (χ2v) is 5.56. The molecule has 18 heavy (non-hydrogen) atoms. The lowest BCUT2D eigenvalue weighted by Gasteiger charge is -2.18. The molecule has 3 atom stereocenters. The number of rotatable bonds is 9. The van der Waals surface area contributed by atoms with Crippen molar-refractivity contribution in [2.45, 2.75) is 60.3 Å². The van der Waals surface area contributed by atoms with Gasteiger partial charge in [-0.2, -0.15) is 0 Å². The average molecular weight is 254 g/mol. The van der Waals surface area contributed by atoms with Gasteiger partial charge < -0.3 is 4.74 Å². The van der Waals surface area contributed by atoms with Crippen LogP contribution in [0.4, 0.5) is 0 Å². The molecular formula is C16H30O2. The molecule has 0 aliphatic heterocycles. The zero-order valence-electron chi connectivity index (χ0n) is 12.7. The van der Waals surface area contributed by atoms with Crippen molar-refractivity contribution < 1.29 is 9.53 Å². The van der Waals surface area contributed by atoms with Gasteiger partial charge in [0.2, 0.25) is 0 Å². The Morgan fingerprint density at radius 1 is 1.11 bits per heavy atom. The number of carbonyl (C=O) groups excluding carboxylic acids is 1. The smallest absolute Gasteiger partial charge is 0.330 e. The molecule has 0 aliphatic rings. The minimum Gasteiger partial charge on any atom is -0.463 e. The highest BCUT2D eigenvalue weighted by atomic mass is 16.5. The first-order chi connectivity index (χ1) is 8.49. The van der Waals surface area contributed by atoms with Gasteiger partial charge in [0.05, 0.1) is 6.61 Å². The van der Waals surface area contributed by atoms with Crippen LogP contribution in [0.3, 0.4) is 0 Å². The monoisotopic (exact) mass is 254 g/mol. The SMILES string of the molecule is CCC[C@@H](C)C[C@@H](C)C[C@@H](C)/C=C/C(=O)OCC. The van der Waals surface area contributed by atoms with E-state index in [4.69, 9.17) is 4.74 Å². The Bertz CT molecular complexity index is 245. The van der Waals surface area contributed by atoms with Gasteiger partial charge in [-0.15, -0.1) is 0 Å². The van der Waals surface area contributed by atoms with E-state index in [2.05, 4.69) is 27.7 Å². The molecule has 0 aliphatic carbocycles. The standard InChI is InChI=1S/C16H30O2/c1-6-8-13(3)11-15(5)12-14(4)9-10-16(17)18-7-2/h9-10,13-15H,6-8,11-12H2,1-5H3/b10-9+/t13-,14+,15-/m1/s1. The molecular weight excluding hydrogens is 224 g/mol. The lowest BCUT2D eigenvalue weighted by Crippen LogP contribution is -2.07. The van der Waals surface area contributed by atoms with Crippen molar-refractivity contribution in [2.75, 3.05) is 6.61 Å². The van der Waals surface area contributed by atoms with E-state index in [0.29, 0.717) is 18.4 Å². The first kappa shape index (κ1) is 17.2. The summed E-state index contributed by atoms with van der Waals surface area (Å²) in [5.74, 6) is 1.74. The predicted octanol–water partition coefficient (Wildman–Crippen LogP) is 4.59. The predicted molar refractivity (Wildman–Crippen MR) is 77.4 cm³/mol. The van der Waals surface area contributed by atoms with Gasteiger partial charge in [-0.05, 0) is 37.5 Å². The van der Waals surface area contributed by atoms with Crippen molar-refractivity contribution in [2.24, 2.45) is 17.8 Å². The second-order valence-electron chi connectivity index (χ2n) is 5.56. The molecule has 2 nitrogen and oxygen atoms in total. The summed E-state index contributed by atoms with van der Waals surface area (Å²) in [5.41, 5.74) is 0. The first-order valence-corrected chi connectivity index (χ1v) is 7.34. The fraction of sp³-hybridized carbons (Fsp3) is 0.812. The van der Waals surface area contributed by atoms with Crippen LogP contribution in [0, 0.1) is 17.8 Å². The van der Waals surface area contributed by atoms with Gasteiger partial charge >= 0.3 is 5.97 Å². The van der Waals surface area contributed by atoms with Crippen LogP contribution >= 0.6 is 0 Å². The molecule has 0 saturated heterocycles. The fourth-order valence-electron chi connectivity index (χ4n) is 2.54. The van der Waals surface area contributed by atoms with Crippen LogP contribution in [-0.4, -0.2) is 12.6 Å². The summed E-state index contributed by atoms with van der Waals surface area (Å²) < 4.78 is 4.87. The van der Waals surface area contributed by atoms with Crippen LogP contribution in [0.2, 0.25) is 0 Å². The Hall–Kier alpha value is -0.790. The van der Waals surface area contributed by atoms with Crippen molar-refractivity contribution in [3.63, 3.8) is 0 Å². The summed E-state index contributed by atoms with van der Waals surface area (Å²) in [7, 11) is 0. The van der Waals surface area contributed by atoms with Gasteiger partial charge in [0.25, 0.3) is 0 Å². The van der Waals surface area contributed by atoms with E-state index in [1.807, 2.05) is 13.0 Å². The number of esters is 1. The zero-order valence-corrected chi connectivity index (χ0v) is 12.7. The number of carbonyl (C=O) groups is 1. The maximum Gasteiger partial charge on any atom is 0.330 e. The zero-order chi connectivity index (χ0) is 14.0. The first-order valence-electron chi connectivity index (χ1n) is 7.34. The second kappa shape index (κ2) is 10.2. The molecule has 0 aromatic heterocycles. The molecule has 0 bridgehead atoms. The van der Waals surface area contributed by atoms with Crippen LogP contribution in [0.15, 0.2) is 12.2 Å². The van der Waals surface area contributed by atoms with Gasteiger partial charge in [-0.3, -0.25) is 0 Å². The molecule has 0 amide bonds. The molecule has 106 valence electrons. The van der Waals surface area contributed by atoms with E-state index in [-0.39, 0.29) is 5.97 Å². The molecule has 0 rings (SSSR count). The average Bonchev–Trinajstić information content (AvgIpc) is 2.26. The number of hydrogen-bond donors (Lipinski definition) is 0. The van der Waals surface area contributed by atoms with Crippen molar-refractivity contribution in [1.82, 2.24) is 0 Å². The molecule has 0 aromatic carbocycles. The summed E-state index contributed by atoms with van der Waals surface area (Å²) in [6.45, 7) is 11.3. The van der Waals surface area contributed by atoms with Crippen molar-refractivity contribution in [3.8, 4) is 0 Å². The molecule has 0 saturated carbocycles. The van der Waals surface area contributed by atoms with Gasteiger partial charge in [0, 0.05) is 6.08 Å². The van der Waals surface area contributed by atoms with E-state index in [1.165, 1.54) is 19.3 Å². The summed E-state index contributed by atoms with van der Waals surface area (Å²) in [6.07, 6.45) is 8.55. The number of hydrogen-bond acceptors (Lipinski definition) is 2. The van der Waals surface area contributed by atoms with Crippen LogP contribution in [0.1, 0.15) is 60.3 Å². The molecule has 2 heteroatoms. The number of allylic oxidation sites excluding steroid dienone is 1. The molecule has 0 radical (unpaired) electrons. The largest absolute Gasteiger partial charge is 0.463 e. The summed E-state index contributed by atoms with van der Waals surface area (Å²) >= 11 is 0. The molecule has 0 unspecified atom stereocenters. The van der Waals surface area contributed by atoms with E-state index < -0.39 is 0 Å². The summed E-state index contributed by atoms with van der Waals surface area (Å²) in [6, 6.07) is 0. The Labute approximate surface area is 113 Å². The number of ether oxygens (including phenoxy) is 1. The van der Waals surface area contributed by atoms with Gasteiger partial charge in [0.1, 0.15) is 0 Å². The molecule has 0 heterocycles. The normalized spacial score (nSPS) is 16.5. The Morgan fingerprint density at radius 3 is 2.33 bits per heavy atom. The Morgan fingerprint density at radius 2 is 1.78 bits per heavy atom. The highest BCUT2D eigenvalue weighted by Crippen LogP contribution is 2.22. The highest BCUT2D eigenvalue weighted by molar-refractivity contribution is 5.81. The third kappa shape index (κ3) is 9.26. The van der Waals surface area contributed by atoms with Crippen molar-refractivity contribution >= 4 is 5.97 Å². The third-order valence-corrected chi connectivity index (χ3v) is 3.21. The van der Waals surface area contributed by atoms with E-state index in [0.717, 1.165) is 12.3 Å². The fourth-order valence-corrected chi connectivity index (χ4v) is 2.54. The lowest BCUT2D eigenvalue weighted by molar-refractivity contribution is -0.137. The Balaban J connectivity index is 3.92. The Kier molecular flexibility index (Phi) is 9.72. The van der Waals surface area contributed by atoms with Crippen LogP contribution < -0.4 is 0 Å².